The van der Waals surface area contributed by atoms with Crippen LogP contribution in [0.3, 0.4) is 0 Å². The number of amides is 2. The molecule has 2 N–H and O–H groups in total. The summed E-state index contributed by atoms with van der Waals surface area (Å²) in [4.78, 5) is 23.4. The third kappa shape index (κ3) is 5.99. The van der Waals surface area contributed by atoms with Crippen molar-refractivity contribution < 1.29 is 14.3 Å². The molecular formula is C19H19N3O3. The maximum atomic E-state index is 12.1. The Labute approximate surface area is 146 Å². The third-order valence-corrected chi connectivity index (χ3v) is 3.47. The highest BCUT2D eigenvalue weighted by Crippen LogP contribution is 2.14. The Morgan fingerprint density at radius 2 is 1.84 bits per heavy atom. The summed E-state index contributed by atoms with van der Waals surface area (Å²) in [5, 5.41) is 13.9. The van der Waals surface area contributed by atoms with E-state index in [0.29, 0.717) is 18.0 Å². The number of hydrogen-bond donors (Lipinski definition) is 2. The first kappa shape index (κ1) is 18.0. The van der Waals surface area contributed by atoms with E-state index in [1.165, 1.54) is 0 Å². The predicted octanol–water partition coefficient (Wildman–Crippen LogP) is 2.41. The molecule has 2 rings (SSSR count). The fourth-order valence-electron chi connectivity index (χ4n) is 2.21. The van der Waals surface area contributed by atoms with Crippen LogP contribution in [0.2, 0.25) is 0 Å². The lowest BCUT2D eigenvalue weighted by Gasteiger charge is -2.08. The van der Waals surface area contributed by atoms with E-state index in [4.69, 9.17) is 10.00 Å². The van der Waals surface area contributed by atoms with Crippen LogP contribution in [0.15, 0.2) is 48.5 Å². The minimum atomic E-state index is -0.307. The summed E-state index contributed by atoms with van der Waals surface area (Å²) in [6, 6.07) is 16.3. The van der Waals surface area contributed by atoms with Gasteiger partial charge >= 0.3 is 0 Å². The number of ether oxygens (including phenoxy) is 1. The van der Waals surface area contributed by atoms with Crippen LogP contribution in [0.1, 0.15) is 17.5 Å². The molecule has 0 spiro atoms. The molecule has 0 aliphatic carbocycles. The average Bonchev–Trinajstić information content (AvgIpc) is 2.61. The molecule has 0 aromatic heterocycles. The van der Waals surface area contributed by atoms with E-state index >= 15 is 0 Å². The van der Waals surface area contributed by atoms with Crippen molar-refractivity contribution in [1.82, 2.24) is 5.32 Å². The maximum Gasteiger partial charge on any atom is 0.234 e. The van der Waals surface area contributed by atoms with Crippen molar-refractivity contribution in [2.75, 3.05) is 12.4 Å². The largest absolute Gasteiger partial charge is 0.497 e. The number of nitrogens with one attached hydrogen (secondary N) is 2. The summed E-state index contributed by atoms with van der Waals surface area (Å²) in [6.45, 7) is 0.346. The van der Waals surface area contributed by atoms with Crippen molar-refractivity contribution in [3.05, 3.63) is 59.7 Å². The van der Waals surface area contributed by atoms with E-state index in [9.17, 15) is 9.59 Å². The summed E-state index contributed by atoms with van der Waals surface area (Å²) < 4.78 is 5.14. The molecule has 2 aromatic rings. The van der Waals surface area contributed by atoms with Crippen molar-refractivity contribution in [2.45, 2.75) is 19.4 Å². The quantitative estimate of drug-likeness (QED) is 0.811. The van der Waals surface area contributed by atoms with Gasteiger partial charge in [0.05, 0.1) is 19.6 Å². The van der Waals surface area contributed by atoms with E-state index < -0.39 is 0 Å². The first-order chi connectivity index (χ1) is 12.1. The SMILES string of the molecule is COc1cccc(CC(=O)Nc2ccc(CNC(=O)CC#N)cc2)c1. The van der Waals surface area contributed by atoms with Crippen molar-refractivity contribution in [2.24, 2.45) is 0 Å². The Balaban J connectivity index is 1.86. The summed E-state index contributed by atoms with van der Waals surface area (Å²) in [6.07, 6.45) is 0.0988. The standard InChI is InChI=1S/C19H19N3O3/c1-25-17-4-2-3-15(11-17)12-19(24)22-16-7-5-14(6-8-16)13-21-18(23)9-10-20/h2-8,11H,9,12-13H2,1H3,(H,21,23)(H,22,24). The van der Waals surface area contributed by atoms with Gasteiger partial charge in [-0.2, -0.15) is 5.26 Å². The van der Waals surface area contributed by atoms with Gasteiger partial charge < -0.3 is 15.4 Å². The van der Waals surface area contributed by atoms with Gasteiger partial charge in [-0.25, -0.2) is 0 Å². The molecule has 0 saturated carbocycles. The Kier molecular flexibility index (Phi) is 6.55. The molecule has 0 aliphatic rings. The van der Waals surface area contributed by atoms with Gasteiger partial charge in [0, 0.05) is 12.2 Å². The second-order valence-corrected chi connectivity index (χ2v) is 5.39. The number of carbonyl (C=O) groups excluding carboxylic acids is 2. The van der Waals surface area contributed by atoms with Gasteiger partial charge in [-0.15, -0.1) is 0 Å². The third-order valence-electron chi connectivity index (χ3n) is 3.47. The highest BCUT2D eigenvalue weighted by Gasteiger charge is 2.06. The van der Waals surface area contributed by atoms with Gasteiger partial charge in [0.1, 0.15) is 12.2 Å². The summed E-state index contributed by atoms with van der Waals surface area (Å²) in [5.74, 6) is 0.287. The lowest BCUT2D eigenvalue weighted by atomic mass is 10.1. The number of anilines is 1. The van der Waals surface area contributed by atoms with Crippen LogP contribution in [0.5, 0.6) is 5.75 Å². The van der Waals surface area contributed by atoms with Gasteiger partial charge in [0.2, 0.25) is 11.8 Å². The zero-order valence-electron chi connectivity index (χ0n) is 13.9. The molecular weight excluding hydrogens is 318 g/mol. The van der Waals surface area contributed by atoms with Gasteiger partial charge in [-0.3, -0.25) is 9.59 Å². The zero-order chi connectivity index (χ0) is 18.1. The second-order valence-electron chi connectivity index (χ2n) is 5.39. The van der Waals surface area contributed by atoms with Crippen LogP contribution in [0.25, 0.3) is 0 Å². The topological polar surface area (TPSA) is 91.2 Å². The Morgan fingerprint density at radius 1 is 1.08 bits per heavy atom. The molecule has 0 heterocycles. The van der Waals surface area contributed by atoms with Gasteiger partial charge in [-0.05, 0) is 35.4 Å². The highest BCUT2D eigenvalue weighted by molar-refractivity contribution is 5.92. The minimum Gasteiger partial charge on any atom is -0.497 e. The molecule has 0 bridgehead atoms. The Morgan fingerprint density at radius 3 is 2.52 bits per heavy atom. The maximum absolute atomic E-state index is 12.1. The van der Waals surface area contributed by atoms with Gasteiger partial charge in [-0.1, -0.05) is 24.3 Å². The first-order valence-electron chi connectivity index (χ1n) is 7.76. The molecule has 6 heteroatoms. The fourth-order valence-corrected chi connectivity index (χ4v) is 2.21. The number of nitriles is 1. The number of nitrogens with zero attached hydrogens (tertiary/aromatic N) is 1. The van der Waals surface area contributed by atoms with E-state index in [1.807, 2.05) is 36.4 Å². The van der Waals surface area contributed by atoms with E-state index in [1.54, 1.807) is 25.3 Å². The first-order valence-corrected chi connectivity index (χ1v) is 7.76. The number of rotatable bonds is 7. The smallest absolute Gasteiger partial charge is 0.234 e. The average molecular weight is 337 g/mol. The lowest BCUT2D eigenvalue weighted by molar-refractivity contribution is -0.120. The predicted molar refractivity (Wildman–Crippen MR) is 93.8 cm³/mol. The zero-order valence-corrected chi connectivity index (χ0v) is 13.9. The van der Waals surface area contributed by atoms with E-state index in [-0.39, 0.29) is 24.7 Å². The Hall–Kier alpha value is -3.33. The van der Waals surface area contributed by atoms with Gasteiger partial charge in [0.15, 0.2) is 0 Å². The molecule has 0 radical (unpaired) electrons. The number of methoxy groups -OCH3 is 1. The van der Waals surface area contributed by atoms with Crippen molar-refractivity contribution in [3.8, 4) is 11.8 Å². The van der Waals surface area contributed by atoms with Crippen molar-refractivity contribution >= 4 is 17.5 Å². The lowest BCUT2D eigenvalue weighted by Crippen LogP contribution is -2.21. The van der Waals surface area contributed by atoms with E-state index in [0.717, 1.165) is 11.1 Å². The van der Waals surface area contributed by atoms with Crippen molar-refractivity contribution in [1.29, 1.82) is 5.26 Å². The molecule has 6 nitrogen and oxygen atoms in total. The summed E-state index contributed by atoms with van der Waals surface area (Å²) in [5.41, 5.74) is 2.44. The summed E-state index contributed by atoms with van der Waals surface area (Å²) in [7, 11) is 1.59. The number of carbonyl (C=O) groups is 2. The van der Waals surface area contributed by atoms with Crippen LogP contribution >= 0.6 is 0 Å². The fraction of sp³-hybridized carbons (Fsp3) is 0.211. The van der Waals surface area contributed by atoms with Crippen LogP contribution < -0.4 is 15.4 Å². The Bertz CT molecular complexity index is 779. The molecule has 0 fully saturated rings. The minimum absolute atomic E-state index is 0.122. The number of hydrogen-bond acceptors (Lipinski definition) is 4. The second kappa shape index (κ2) is 9.08. The van der Waals surface area contributed by atoms with Crippen LogP contribution in [0.4, 0.5) is 5.69 Å². The molecule has 2 amide bonds. The normalized spacial score (nSPS) is 9.76. The van der Waals surface area contributed by atoms with Gasteiger partial charge in [0.25, 0.3) is 0 Å². The molecule has 0 unspecified atom stereocenters. The highest BCUT2D eigenvalue weighted by atomic mass is 16.5. The molecule has 0 aliphatic heterocycles. The van der Waals surface area contributed by atoms with Crippen LogP contribution in [0, 0.1) is 11.3 Å². The van der Waals surface area contributed by atoms with Crippen molar-refractivity contribution in [3.63, 3.8) is 0 Å². The molecule has 0 saturated heterocycles. The summed E-state index contributed by atoms with van der Waals surface area (Å²) >= 11 is 0. The van der Waals surface area contributed by atoms with Crippen LogP contribution in [-0.2, 0) is 22.6 Å². The monoisotopic (exact) mass is 337 g/mol. The molecule has 0 atom stereocenters. The number of benzene rings is 2. The molecule has 2 aromatic carbocycles. The van der Waals surface area contributed by atoms with Crippen LogP contribution in [-0.4, -0.2) is 18.9 Å². The molecule has 25 heavy (non-hydrogen) atoms. The molecule has 128 valence electrons. The van der Waals surface area contributed by atoms with E-state index in [2.05, 4.69) is 10.6 Å².